The lowest BCUT2D eigenvalue weighted by atomic mass is 10.1. The number of nitrogens with zero attached hydrogens (tertiary/aromatic N) is 1. The number of carboxylic acid groups (broad SMARTS) is 1. The van der Waals surface area contributed by atoms with Gasteiger partial charge in [0, 0.05) is 5.69 Å². The molecule has 1 atom stereocenters. The molecule has 184 valence electrons. The number of hydrogen-bond acceptors (Lipinski definition) is 7. The predicted molar refractivity (Wildman–Crippen MR) is 123 cm³/mol. The second kappa shape index (κ2) is 12.4. The standard InChI is InChI=1S/C23H30N4O7/c1-14(2)21(24)22(31)25-10-19(28)26-17-7-5-16(6-8-17)13-33-23(32)27(12-20(29)30)11-18-9-4-15(3)34-18/h4-9,14,21H,10-13,24H2,1-3H3,(H,25,31)(H,26,28)(H,29,30). The van der Waals surface area contributed by atoms with Gasteiger partial charge in [-0.2, -0.15) is 0 Å². The molecule has 3 amide bonds. The van der Waals surface area contributed by atoms with Crippen LogP contribution in [0.3, 0.4) is 0 Å². The monoisotopic (exact) mass is 474 g/mol. The first-order valence-corrected chi connectivity index (χ1v) is 10.7. The first-order valence-electron chi connectivity index (χ1n) is 10.7. The number of carbonyl (C=O) groups excluding carboxylic acids is 3. The molecule has 1 unspecified atom stereocenters. The molecular weight excluding hydrogens is 444 g/mol. The summed E-state index contributed by atoms with van der Waals surface area (Å²) in [6, 6.07) is 9.21. The van der Waals surface area contributed by atoms with E-state index in [2.05, 4.69) is 10.6 Å². The topological polar surface area (TPSA) is 164 Å². The number of nitrogens with two attached hydrogens (primary N) is 1. The Morgan fingerprint density at radius 1 is 1.12 bits per heavy atom. The Balaban J connectivity index is 1.84. The summed E-state index contributed by atoms with van der Waals surface area (Å²) in [6.45, 7) is 4.48. The Morgan fingerprint density at radius 3 is 2.35 bits per heavy atom. The maximum Gasteiger partial charge on any atom is 0.411 e. The van der Waals surface area contributed by atoms with Crippen LogP contribution in [-0.4, -0.2) is 53.0 Å². The van der Waals surface area contributed by atoms with Crippen molar-refractivity contribution in [3.63, 3.8) is 0 Å². The highest BCUT2D eigenvalue weighted by molar-refractivity contribution is 5.95. The lowest BCUT2D eigenvalue weighted by Gasteiger charge is -2.19. The number of aliphatic carboxylic acids is 1. The van der Waals surface area contributed by atoms with Crippen molar-refractivity contribution < 1.29 is 33.4 Å². The van der Waals surface area contributed by atoms with Crippen LogP contribution in [0.1, 0.15) is 30.9 Å². The Labute approximate surface area is 197 Å². The van der Waals surface area contributed by atoms with E-state index in [0.29, 0.717) is 22.8 Å². The minimum atomic E-state index is -1.18. The third-order valence-corrected chi connectivity index (χ3v) is 4.77. The van der Waals surface area contributed by atoms with Gasteiger partial charge in [-0.1, -0.05) is 26.0 Å². The van der Waals surface area contributed by atoms with Gasteiger partial charge in [-0.15, -0.1) is 0 Å². The zero-order chi connectivity index (χ0) is 25.3. The molecule has 0 saturated heterocycles. The van der Waals surface area contributed by atoms with Crippen molar-refractivity contribution in [1.82, 2.24) is 10.2 Å². The van der Waals surface area contributed by atoms with Crippen molar-refractivity contribution in [1.29, 1.82) is 0 Å². The number of ether oxygens (including phenoxy) is 1. The molecule has 0 aliphatic rings. The molecule has 2 aromatic rings. The predicted octanol–water partition coefficient (Wildman–Crippen LogP) is 1.85. The lowest BCUT2D eigenvalue weighted by Crippen LogP contribution is -2.46. The SMILES string of the molecule is Cc1ccc(CN(CC(=O)O)C(=O)OCc2ccc(NC(=O)CNC(=O)C(N)C(C)C)cc2)o1. The van der Waals surface area contributed by atoms with Crippen LogP contribution < -0.4 is 16.4 Å². The zero-order valence-electron chi connectivity index (χ0n) is 19.4. The first kappa shape index (κ1) is 26.4. The normalized spacial score (nSPS) is 11.6. The number of hydrogen-bond donors (Lipinski definition) is 4. The van der Waals surface area contributed by atoms with Crippen molar-refractivity contribution in [2.24, 2.45) is 11.7 Å². The van der Waals surface area contributed by atoms with E-state index in [1.807, 2.05) is 13.8 Å². The Hall–Kier alpha value is -3.86. The van der Waals surface area contributed by atoms with E-state index in [-0.39, 0.29) is 25.6 Å². The van der Waals surface area contributed by atoms with E-state index in [9.17, 15) is 19.2 Å². The number of carbonyl (C=O) groups is 4. The molecule has 11 heteroatoms. The molecule has 1 aromatic carbocycles. The highest BCUT2D eigenvalue weighted by Crippen LogP contribution is 2.13. The van der Waals surface area contributed by atoms with E-state index in [0.717, 1.165) is 4.90 Å². The molecule has 34 heavy (non-hydrogen) atoms. The highest BCUT2D eigenvalue weighted by atomic mass is 16.6. The number of amides is 3. The molecule has 0 aliphatic heterocycles. The van der Waals surface area contributed by atoms with Crippen LogP contribution in [0.5, 0.6) is 0 Å². The maximum atomic E-state index is 12.4. The van der Waals surface area contributed by atoms with Gasteiger partial charge in [0.1, 0.15) is 24.7 Å². The van der Waals surface area contributed by atoms with E-state index in [1.54, 1.807) is 43.3 Å². The van der Waals surface area contributed by atoms with E-state index in [1.165, 1.54) is 0 Å². The van der Waals surface area contributed by atoms with Crippen molar-refractivity contribution in [2.75, 3.05) is 18.4 Å². The zero-order valence-corrected chi connectivity index (χ0v) is 19.4. The number of rotatable bonds is 11. The average Bonchev–Trinajstić information content (AvgIpc) is 3.19. The van der Waals surface area contributed by atoms with E-state index in [4.69, 9.17) is 20.0 Å². The van der Waals surface area contributed by atoms with Gasteiger partial charge in [0.2, 0.25) is 11.8 Å². The van der Waals surface area contributed by atoms with Gasteiger partial charge in [0.05, 0.1) is 19.1 Å². The van der Waals surface area contributed by atoms with E-state index >= 15 is 0 Å². The smallest absolute Gasteiger partial charge is 0.411 e. The number of furan rings is 1. The van der Waals surface area contributed by atoms with Crippen molar-refractivity contribution in [3.05, 3.63) is 53.5 Å². The Morgan fingerprint density at radius 2 is 1.79 bits per heavy atom. The van der Waals surface area contributed by atoms with Gasteiger partial charge in [-0.25, -0.2) is 4.79 Å². The lowest BCUT2D eigenvalue weighted by molar-refractivity contribution is -0.138. The van der Waals surface area contributed by atoms with Crippen molar-refractivity contribution in [3.8, 4) is 0 Å². The molecule has 0 spiro atoms. The summed E-state index contributed by atoms with van der Waals surface area (Å²) < 4.78 is 10.6. The molecule has 0 bridgehead atoms. The van der Waals surface area contributed by atoms with Gasteiger partial charge in [-0.05, 0) is 42.7 Å². The summed E-state index contributed by atoms with van der Waals surface area (Å²) in [7, 11) is 0. The second-order valence-electron chi connectivity index (χ2n) is 8.05. The van der Waals surface area contributed by atoms with Gasteiger partial charge in [0.15, 0.2) is 0 Å². The molecule has 11 nitrogen and oxygen atoms in total. The number of nitrogens with one attached hydrogen (secondary N) is 2. The van der Waals surface area contributed by atoms with E-state index < -0.39 is 36.5 Å². The number of carboxylic acids is 1. The minimum absolute atomic E-state index is 0.0391. The van der Waals surface area contributed by atoms with Gasteiger partial charge < -0.3 is 30.6 Å². The van der Waals surface area contributed by atoms with Gasteiger partial charge >= 0.3 is 12.1 Å². The van der Waals surface area contributed by atoms with Crippen LogP contribution in [0.15, 0.2) is 40.8 Å². The van der Waals surface area contributed by atoms with Crippen molar-refractivity contribution >= 4 is 29.6 Å². The number of anilines is 1. The summed E-state index contributed by atoms with van der Waals surface area (Å²) >= 11 is 0. The average molecular weight is 475 g/mol. The van der Waals surface area contributed by atoms with Gasteiger partial charge in [0.25, 0.3) is 0 Å². The van der Waals surface area contributed by atoms with Crippen LogP contribution in [-0.2, 0) is 32.3 Å². The molecule has 0 aliphatic carbocycles. The summed E-state index contributed by atoms with van der Waals surface area (Å²) in [5.74, 6) is -0.953. The maximum absolute atomic E-state index is 12.4. The third-order valence-electron chi connectivity index (χ3n) is 4.77. The van der Waals surface area contributed by atoms with Crippen LogP contribution in [0.25, 0.3) is 0 Å². The molecular formula is C23H30N4O7. The molecule has 0 radical (unpaired) electrons. The van der Waals surface area contributed by atoms with Crippen LogP contribution in [0.4, 0.5) is 10.5 Å². The van der Waals surface area contributed by atoms with Crippen molar-refractivity contribution in [2.45, 2.75) is 40.0 Å². The largest absolute Gasteiger partial charge is 0.480 e. The van der Waals surface area contributed by atoms with Crippen LogP contribution in [0, 0.1) is 12.8 Å². The summed E-state index contributed by atoms with van der Waals surface area (Å²) in [6.07, 6.45) is -0.802. The molecule has 1 aromatic heterocycles. The molecule has 5 N–H and O–H groups in total. The van der Waals surface area contributed by atoms with Gasteiger partial charge in [-0.3, -0.25) is 19.3 Å². The Bertz CT molecular complexity index is 1000. The summed E-state index contributed by atoms with van der Waals surface area (Å²) in [4.78, 5) is 48.4. The summed E-state index contributed by atoms with van der Waals surface area (Å²) in [5.41, 5.74) is 6.85. The fourth-order valence-corrected chi connectivity index (χ4v) is 2.82. The molecule has 0 fully saturated rings. The minimum Gasteiger partial charge on any atom is -0.480 e. The summed E-state index contributed by atoms with van der Waals surface area (Å²) in [5, 5.41) is 14.2. The van der Waals surface area contributed by atoms with Crippen LogP contribution >= 0.6 is 0 Å². The fourth-order valence-electron chi connectivity index (χ4n) is 2.82. The molecule has 2 rings (SSSR count). The first-order chi connectivity index (χ1) is 16.0. The molecule has 1 heterocycles. The second-order valence-corrected chi connectivity index (χ2v) is 8.05. The number of aryl methyl sites for hydroxylation is 1. The fraction of sp³-hybridized carbons (Fsp3) is 0.391. The number of benzene rings is 1. The quantitative estimate of drug-likeness (QED) is 0.383. The van der Waals surface area contributed by atoms with Crippen LogP contribution in [0.2, 0.25) is 0 Å². The Kier molecular flexibility index (Phi) is 9.62. The third kappa shape index (κ3) is 8.58. The molecule has 0 saturated carbocycles. The highest BCUT2D eigenvalue weighted by Gasteiger charge is 2.20.